The van der Waals surface area contributed by atoms with E-state index in [2.05, 4.69) is 82.3 Å². The molecule has 0 saturated heterocycles. The van der Waals surface area contributed by atoms with Gasteiger partial charge in [-0.1, -0.05) is 91.0 Å². The van der Waals surface area contributed by atoms with Crippen LogP contribution in [-0.4, -0.2) is 16.7 Å². The van der Waals surface area contributed by atoms with Crippen LogP contribution in [0.4, 0.5) is 0 Å². The molecule has 0 saturated carbocycles. The molecule has 0 atom stereocenters. The monoisotopic (exact) mass is 354 g/mol. The summed E-state index contributed by atoms with van der Waals surface area (Å²) in [7, 11) is 1.70. The van der Waals surface area contributed by atoms with E-state index in [1.807, 2.05) is 30.6 Å². The Bertz CT molecular complexity index is 882. The highest BCUT2D eigenvalue weighted by Gasteiger charge is 2.39. The molecule has 3 nitrogen and oxygen atoms in total. The molecule has 4 aromatic rings. The summed E-state index contributed by atoms with van der Waals surface area (Å²) in [5.74, 6) is 0.883. The van der Waals surface area contributed by atoms with E-state index >= 15 is 0 Å². The molecule has 4 rings (SSSR count). The van der Waals surface area contributed by atoms with E-state index in [1.54, 1.807) is 7.11 Å². The van der Waals surface area contributed by atoms with Crippen LogP contribution in [0.2, 0.25) is 0 Å². The molecule has 0 amide bonds. The van der Waals surface area contributed by atoms with Crippen LogP contribution in [0, 0.1) is 0 Å². The predicted molar refractivity (Wildman–Crippen MR) is 108 cm³/mol. The van der Waals surface area contributed by atoms with Gasteiger partial charge in [0, 0.05) is 19.5 Å². The van der Waals surface area contributed by atoms with Gasteiger partial charge in [-0.05, 0) is 16.7 Å². The highest BCUT2D eigenvalue weighted by molar-refractivity contribution is 5.51. The fraction of sp³-hybridized carbons (Fsp3) is 0.125. The zero-order chi connectivity index (χ0) is 18.5. The van der Waals surface area contributed by atoms with Crippen molar-refractivity contribution >= 4 is 0 Å². The van der Waals surface area contributed by atoms with Crippen molar-refractivity contribution in [2.75, 3.05) is 7.11 Å². The van der Waals surface area contributed by atoms with Gasteiger partial charge < -0.3 is 9.30 Å². The largest absolute Gasteiger partial charge is 0.377 e. The van der Waals surface area contributed by atoms with E-state index < -0.39 is 5.54 Å². The van der Waals surface area contributed by atoms with Gasteiger partial charge in [-0.2, -0.15) is 0 Å². The first-order valence-electron chi connectivity index (χ1n) is 9.05. The molecule has 0 N–H and O–H groups in total. The molecule has 1 aromatic heterocycles. The minimum atomic E-state index is -0.534. The standard InChI is InChI=1S/C24H22N2O/c1-27-19-23-25-17-18-26(23)24(20-11-5-2-6-12-20,21-13-7-3-8-14-21)22-15-9-4-10-16-22/h2-18H,19H2,1H3. The summed E-state index contributed by atoms with van der Waals surface area (Å²) >= 11 is 0. The van der Waals surface area contributed by atoms with E-state index in [-0.39, 0.29) is 0 Å². The molecule has 0 aliphatic carbocycles. The normalized spacial score (nSPS) is 11.4. The van der Waals surface area contributed by atoms with Crippen molar-refractivity contribution in [2.45, 2.75) is 12.1 Å². The van der Waals surface area contributed by atoms with Gasteiger partial charge in [-0.25, -0.2) is 4.98 Å². The van der Waals surface area contributed by atoms with Crippen LogP contribution in [0.5, 0.6) is 0 Å². The first-order chi connectivity index (χ1) is 13.4. The summed E-state index contributed by atoms with van der Waals surface area (Å²) < 4.78 is 7.68. The Morgan fingerprint density at radius 3 is 1.59 bits per heavy atom. The summed E-state index contributed by atoms with van der Waals surface area (Å²) in [6.45, 7) is 0.446. The van der Waals surface area contributed by atoms with Gasteiger partial charge in [-0.3, -0.25) is 0 Å². The molecule has 0 aliphatic rings. The van der Waals surface area contributed by atoms with Crippen LogP contribution < -0.4 is 0 Å². The Morgan fingerprint density at radius 2 is 1.19 bits per heavy atom. The number of rotatable bonds is 6. The predicted octanol–water partition coefficient (Wildman–Crippen LogP) is 4.87. The maximum absolute atomic E-state index is 5.45. The Labute approximate surface area is 159 Å². The third-order valence-corrected chi connectivity index (χ3v) is 4.93. The van der Waals surface area contributed by atoms with Crippen molar-refractivity contribution in [2.24, 2.45) is 0 Å². The molecular formula is C24H22N2O. The summed E-state index contributed by atoms with van der Waals surface area (Å²) in [5, 5.41) is 0. The second-order valence-corrected chi connectivity index (χ2v) is 6.45. The number of aromatic nitrogens is 2. The highest BCUT2D eigenvalue weighted by atomic mass is 16.5. The first kappa shape index (κ1) is 17.3. The zero-order valence-corrected chi connectivity index (χ0v) is 15.3. The van der Waals surface area contributed by atoms with E-state index in [4.69, 9.17) is 4.74 Å². The van der Waals surface area contributed by atoms with E-state index in [0.717, 1.165) is 5.82 Å². The third kappa shape index (κ3) is 2.96. The summed E-state index contributed by atoms with van der Waals surface area (Å²) in [6.07, 6.45) is 3.89. The SMILES string of the molecule is COCc1nccn1C(c1ccccc1)(c1ccccc1)c1ccccc1. The lowest BCUT2D eigenvalue weighted by atomic mass is 9.76. The first-order valence-corrected chi connectivity index (χ1v) is 9.05. The number of nitrogens with zero attached hydrogens (tertiary/aromatic N) is 2. The van der Waals surface area contributed by atoms with E-state index in [0.29, 0.717) is 6.61 Å². The van der Waals surface area contributed by atoms with Gasteiger partial charge in [0.2, 0.25) is 0 Å². The molecule has 0 spiro atoms. The molecule has 0 aliphatic heterocycles. The van der Waals surface area contributed by atoms with Gasteiger partial charge in [0.1, 0.15) is 18.0 Å². The lowest BCUT2D eigenvalue weighted by Crippen LogP contribution is -2.38. The van der Waals surface area contributed by atoms with Gasteiger partial charge in [0.25, 0.3) is 0 Å². The van der Waals surface area contributed by atoms with Crippen molar-refractivity contribution in [3.8, 4) is 0 Å². The molecule has 27 heavy (non-hydrogen) atoms. The molecule has 0 unspecified atom stereocenters. The van der Waals surface area contributed by atoms with Gasteiger partial charge in [0.05, 0.1) is 0 Å². The molecular weight excluding hydrogens is 332 g/mol. The van der Waals surface area contributed by atoms with Gasteiger partial charge in [-0.15, -0.1) is 0 Å². The fourth-order valence-corrected chi connectivity index (χ4v) is 3.83. The quantitative estimate of drug-likeness (QED) is 0.462. The van der Waals surface area contributed by atoms with Crippen molar-refractivity contribution < 1.29 is 4.74 Å². The number of hydrogen-bond acceptors (Lipinski definition) is 2. The summed E-state index contributed by atoms with van der Waals surface area (Å²) in [4.78, 5) is 4.59. The van der Waals surface area contributed by atoms with Crippen molar-refractivity contribution in [3.05, 3.63) is 126 Å². The molecule has 0 fully saturated rings. The van der Waals surface area contributed by atoms with Crippen LogP contribution in [-0.2, 0) is 16.9 Å². The topological polar surface area (TPSA) is 27.1 Å². The van der Waals surface area contributed by atoms with Crippen LogP contribution in [0.1, 0.15) is 22.5 Å². The smallest absolute Gasteiger partial charge is 0.136 e. The Morgan fingerprint density at radius 1 is 0.741 bits per heavy atom. The maximum Gasteiger partial charge on any atom is 0.136 e. The second kappa shape index (κ2) is 7.60. The molecule has 3 aromatic carbocycles. The number of ether oxygens (including phenoxy) is 1. The Hall–Kier alpha value is -3.17. The third-order valence-electron chi connectivity index (χ3n) is 4.93. The Balaban J connectivity index is 2.12. The van der Waals surface area contributed by atoms with Crippen LogP contribution in [0.15, 0.2) is 103 Å². The summed E-state index contributed by atoms with van der Waals surface area (Å²) in [6, 6.07) is 31.7. The molecule has 0 radical (unpaired) electrons. The number of imidazole rings is 1. The second-order valence-electron chi connectivity index (χ2n) is 6.45. The molecule has 0 bridgehead atoms. The highest BCUT2D eigenvalue weighted by Crippen LogP contribution is 2.41. The van der Waals surface area contributed by atoms with Crippen molar-refractivity contribution in [3.63, 3.8) is 0 Å². The average molecular weight is 354 g/mol. The van der Waals surface area contributed by atoms with Gasteiger partial charge >= 0.3 is 0 Å². The molecule has 1 heterocycles. The fourth-order valence-electron chi connectivity index (χ4n) is 3.83. The van der Waals surface area contributed by atoms with E-state index in [9.17, 15) is 0 Å². The number of benzene rings is 3. The average Bonchev–Trinajstić information content (AvgIpc) is 3.20. The van der Waals surface area contributed by atoms with E-state index in [1.165, 1.54) is 16.7 Å². The van der Waals surface area contributed by atoms with Gasteiger partial charge in [0.15, 0.2) is 0 Å². The minimum Gasteiger partial charge on any atom is -0.377 e. The Kier molecular flexibility index (Phi) is 4.86. The maximum atomic E-state index is 5.45. The zero-order valence-electron chi connectivity index (χ0n) is 15.3. The van der Waals surface area contributed by atoms with Crippen LogP contribution in [0.3, 0.4) is 0 Å². The molecule has 3 heteroatoms. The lowest BCUT2D eigenvalue weighted by Gasteiger charge is -2.38. The molecule has 134 valence electrons. The number of hydrogen-bond donors (Lipinski definition) is 0. The summed E-state index contributed by atoms with van der Waals surface area (Å²) in [5.41, 5.74) is 3.00. The minimum absolute atomic E-state index is 0.446. The number of methoxy groups -OCH3 is 1. The van der Waals surface area contributed by atoms with Crippen molar-refractivity contribution in [1.82, 2.24) is 9.55 Å². The van der Waals surface area contributed by atoms with Crippen LogP contribution >= 0.6 is 0 Å². The lowest BCUT2D eigenvalue weighted by molar-refractivity contribution is 0.171. The van der Waals surface area contributed by atoms with Crippen LogP contribution in [0.25, 0.3) is 0 Å². The van der Waals surface area contributed by atoms with Crippen molar-refractivity contribution in [1.29, 1.82) is 0 Å².